The molecular weight excluding hydrogens is 320 g/mol. The van der Waals surface area contributed by atoms with E-state index in [9.17, 15) is 0 Å². The van der Waals surface area contributed by atoms with Gasteiger partial charge >= 0.3 is 0 Å². The van der Waals surface area contributed by atoms with E-state index in [-0.39, 0.29) is 0 Å². The predicted molar refractivity (Wildman–Crippen MR) is 97.8 cm³/mol. The first-order valence-electron chi connectivity index (χ1n) is 7.99. The summed E-state index contributed by atoms with van der Waals surface area (Å²) in [6, 6.07) is 15.8. The number of nitrogens with zero attached hydrogens (tertiary/aromatic N) is 4. The van der Waals surface area contributed by atoms with Crippen LogP contribution >= 0.6 is 11.3 Å². The van der Waals surface area contributed by atoms with E-state index in [0.717, 1.165) is 35.6 Å². The van der Waals surface area contributed by atoms with Crippen LogP contribution in [0.2, 0.25) is 0 Å². The fourth-order valence-corrected chi connectivity index (χ4v) is 3.39. The van der Waals surface area contributed by atoms with Crippen LogP contribution in [0, 0.1) is 0 Å². The van der Waals surface area contributed by atoms with Crippen molar-refractivity contribution in [3.8, 4) is 5.75 Å². The summed E-state index contributed by atoms with van der Waals surface area (Å²) < 4.78 is 8.57. The lowest BCUT2D eigenvalue weighted by atomic mass is 10.3. The number of hydrogen-bond donors (Lipinski definition) is 0. The molecule has 0 atom stereocenters. The van der Waals surface area contributed by atoms with E-state index in [0.29, 0.717) is 0 Å². The lowest BCUT2D eigenvalue weighted by Crippen LogP contribution is -2.14. The minimum Gasteiger partial charge on any atom is -0.497 e. The molecule has 0 amide bonds. The molecule has 1 aromatic heterocycles. The molecule has 0 spiro atoms. The summed E-state index contributed by atoms with van der Waals surface area (Å²) in [4.78, 5) is 0.877. The molecule has 2 aromatic carbocycles. The molecule has 0 radical (unpaired) electrons. The van der Waals surface area contributed by atoms with Gasteiger partial charge in [0.1, 0.15) is 5.75 Å². The van der Waals surface area contributed by atoms with E-state index < -0.39 is 0 Å². The van der Waals surface area contributed by atoms with Crippen molar-refractivity contribution in [3.63, 3.8) is 0 Å². The third kappa shape index (κ3) is 3.71. The molecule has 24 heavy (non-hydrogen) atoms. The molecule has 3 aromatic rings. The van der Waals surface area contributed by atoms with Gasteiger partial charge in [-0.2, -0.15) is 0 Å². The number of aryl methyl sites for hydroxylation is 1. The third-order valence-electron chi connectivity index (χ3n) is 3.69. The first-order chi connectivity index (χ1) is 11.8. The van der Waals surface area contributed by atoms with E-state index in [1.165, 1.54) is 10.2 Å². The minimum atomic E-state index is 0.751. The first-order valence-corrected chi connectivity index (χ1v) is 8.80. The molecule has 0 bridgehead atoms. The van der Waals surface area contributed by atoms with Gasteiger partial charge in [-0.05, 0) is 48.0 Å². The van der Waals surface area contributed by atoms with Gasteiger partial charge in [0.25, 0.3) is 0 Å². The van der Waals surface area contributed by atoms with Crippen LogP contribution in [0.25, 0.3) is 10.2 Å². The fourth-order valence-electron chi connectivity index (χ4n) is 2.39. The second kappa shape index (κ2) is 7.88. The average molecular weight is 340 g/mol. The van der Waals surface area contributed by atoms with Crippen LogP contribution in [0.1, 0.15) is 19.8 Å². The molecular formula is C18H20N4OS. The Morgan fingerprint density at radius 1 is 1.08 bits per heavy atom. The Bertz CT molecular complexity index is 893. The topological polar surface area (TPSA) is 51.2 Å². The van der Waals surface area contributed by atoms with Crippen LogP contribution in [0.4, 0.5) is 5.69 Å². The Balaban J connectivity index is 1.91. The molecule has 6 heteroatoms. The molecule has 0 aliphatic heterocycles. The van der Waals surface area contributed by atoms with Gasteiger partial charge < -0.3 is 9.30 Å². The Morgan fingerprint density at radius 3 is 2.62 bits per heavy atom. The van der Waals surface area contributed by atoms with Gasteiger partial charge in [0.05, 0.1) is 23.0 Å². The summed E-state index contributed by atoms with van der Waals surface area (Å²) in [5.41, 5.74) is 1.95. The summed E-state index contributed by atoms with van der Waals surface area (Å²) in [5, 5.41) is 12.5. The van der Waals surface area contributed by atoms with Crippen LogP contribution in [0.3, 0.4) is 0 Å². The SMILES string of the molecule is CCCCn1/c(=N/N=Nc2ccc(OC)cc2)sc2ccccc21. The highest BCUT2D eigenvalue weighted by atomic mass is 32.1. The first kappa shape index (κ1) is 16.4. The summed E-state index contributed by atoms with van der Waals surface area (Å²) in [5.74, 6) is 0.799. The number of unbranched alkanes of at least 4 members (excludes halogenated alkanes) is 1. The van der Waals surface area contributed by atoms with Gasteiger partial charge in [0.15, 0.2) is 0 Å². The number of methoxy groups -OCH3 is 1. The second-order valence-corrected chi connectivity index (χ2v) is 6.35. The van der Waals surface area contributed by atoms with Crippen LogP contribution in [0.5, 0.6) is 5.75 Å². The molecule has 124 valence electrons. The van der Waals surface area contributed by atoms with Gasteiger partial charge in [0.2, 0.25) is 4.80 Å². The molecule has 0 fully saturated rings. The predicted octanol–water partition coefficient (Wildman–Crippen LogP) is 5.11. The van der Waals surface area contributed by atoms with Crippen LogP contribution in [-0.4, -0.2) is 11.7 Å². The summed E-state index contributed by atoms with van der Waals surface area (Å²) in [7, 11) is 1.64. The number of aromatic nitrogens is 1. The number of fused-ring (bicyclic) bond motifs is 1. The highest BCUT2D eigenvalue weighted by Crippen LogP contribution is 2.19. The molecule has 0 aliphatic carbocycles. The maximum absolute atomic E-state index is 5.13. The zero-order chi connectivity index (χ0) is 16.8. The van der Waals surface area contributed by atoms with E-state index in [1.54, 1.807) is 18.4 Å². The van der Waals surface area contributed by atoms with Gasteiger partial charge in [-0.1, -0.05) is 36.8 Å². The number of rotatable bonds is 6. The number of thiazole rings is 1. The Hall–Kier alpha value is -2.47. The van der Waals surface area contributed by atoms with Crippen molar-refractivity contribution >= 4 is 27.2 Å². The standard InChI is InChI=1S/C18H20N4OS/c1-3-4-13-22-16-7-5-6-8-17(16)24-18(22)20-21-19-14-9-11-15(23-2)12-10-14/h5-12H,3-4,13H2,1-2H3/b20-18-,21-19?. The average Bonchev–Trinajstić information content (AvgIpc) is 2.98. The van der Waals surface area contributed by atoms with Gasteiger partial charge in [-0.25, -0.2) is 0 Å². The maximum atomic E-state index is 5.13. The maximum Gasteiger partial charge on any atom is 0.213 e. The molecule has 0 saturated heterocycles. The van der Waals surface area contributed by atoms with Crippen LogP contribution < -0.4 is 9.54 Å². The molecule has 0 unspecified atom stereocenters. The van der Waals surface area contributed by atoms with Crippen LogP contribution in [-0.2, 0) is 6.54 Å². The largest absolute Gasteiger partial charge is 0.497 e. The molecule has 1 heterocycles. The van der Waals surface area contributed by atoms with Gasteiger partial charge in [-0.3, -0.25) is 0 Å². The van der Waals surface area contributed by atoms with Crippen molar-refractivity contribution in [2.45, 2.75) is 26.3 Å². The van der Waals surface area contributed by atoms with Gasteiger partial charge in [0, 0.05) is 6.54 Å². The van der Waals surface area contributed by atoms with Crippen molar-refractivity contribution in [2.24, 2.45) is 15.4 Å². The summed E-state index contributed by atoms with van der Waals surface area (Å²) in [6.45, 7) is 3.13. The molecule has 0 saturated carbocycles. The van der Waals surface area contributed by atoms with E-state index in [4.69, 9.17) is 4.74 Å². The van der Waals surface area contributed by atoms with E-state index >= 15 is 0 Å². The fraction of sp³-hybridized carbons (Fsp3) is 0.278. The molecule has 5 nitrogen and oxygen atoms in total. The lowest BCUT2D eigenvalue weighted by molar-refractivity contribution is 0.415. The normalized spacial score (nSPS) is 12.3. The third-order valence-corrected chi connectivity index (χ3v) is 4.74. The Morgan fingerprint density at radius 2 is 1.88 bits per heavy atom. The van der Waals surface area contributed by atoms with Gasteiger partial charge in [-0.15, -0.1) is 10.2 Å². The smallest absolute Gasteiger partial charge is 0.213 e. The van der Waals surface area contributed by atoms with E-state index in [2.05, 4.69) is 45.1 Å². The Labute approximate surface area is 144 Å². The molecule has 3 rings (SSSR count). The quantitative estimate of drug-likeness (QED) is 0.454. The second-order valence-electron chi connectivity index (χ2n) is 5.35. The van der Waals surface area contributed by atoms with Crippen molar-refractivity contribution in [1.29, 1.82) is 0 Å². The number of ether oxygens (including phenoxy) is 1. The zero-order valence-electron chi connectivity index (χ0n) is 13.8. The Kier molecular flexibility index (Phi) is 5.38. The number of benzene rings is 2. The van der Waals surface area contributed by atoms with E-state index in [1.807, 2.05) is 30.3 Å². The monoisotopic (exact) mass is 340 g/mol. The highest BCUT2D eigenvalue weighted by Gasteiger charge is 2.04. The molecule has 0 N–H and O–H groups in total. The minimum absolute atomic E-state index is 0.751. The lowest BCUT2D eigenvalue weighted by Gasteiger charge is -2.02. The van der Waals surface area contributed by atoms with Crippen molar-refractivity contribution < 1.29 is 4.74 Å². The van der Waals surface area contributed by atoms with Crippen molar-refractivity contribution in [2.75, 3.05) is 7.11 Å². The summed E-state index contributed by atoms with van der Waals surface area (Å²) >= 11 is 1.64. The van der Waals surface area contributed by atoms with Crippen LogP contribution in [0.15, 0.2) is 64.0 Å². The summed E-state index contributed by atoms with van der Waals surface area (Å²) in [6.07, 6.45) is 2.26. The number of hydrogen-bond acceptors (Lipinski definition) is 4. The van der Waals surface area contributed by atoms with Crippen molar-refractivity contribution in [3.05, 3.63) is 53.3 Å². The van der Waals surface area contributed by atoms with Crippen molar-refractivity contribution in [1.82, 2.24) is 4.57 Å². The highest BCUT2D eigenvalue weighted by molar-refractivity contribution is 7.16. The zero-order valence-corrected chi connectivity index (χ0v) is 14.7. The molecule has 0 aliphatic rings. The number of para-hydroxylation sites is 1.